The number of nitrogens with one attached hydrogen (secondary N) is 1. The number of carbonyl (C=O) groups excluding carboxylic acids is 2. The van der Waals surface area contributed by atoms with Gasteiger partial charge in [-0.3, -0.25) is 14.5 Å². The van der Waals surface area contributed by atoms with E-state index in [0.29, 0.717) is 24.7 Å². The van der Waals surface area contributed by atoms with E-state index in [-0.39, 0.29) is 11.8 Å². The first-order valence-electron chi connectivity index (χ1n) is 8.64. The maximum Gasteiger partial charge on any atom is 0.245 e. The fourth-order valence-electron chi connectivity index (χ4n) is 3.55. The van der Waals surface area contributed by atoms with Crippen LogP contribution >= 0.6 is 11.6 Å². The number of rotatable bonds is 3. The van der Waals surface area contributed by atoms with Crippen molar-refractivity contribution in [1.29, 1.82) is 0 Å². The number of benzene rings is 1. The molecule has 1 aromatic heterocycles. The SMILES string of the molecule is C[C@H]1NC(=O)[C@H]2CN(Cc3cnn(-c4cccc(Cl)c4)c3)CCN2C1=O. The molecule has 2 aliphatic heterocycles. The predicted molar refractivity (Wildman–Crippen MR) is 97.0 cm³/mol. The fourth-order valence-corrected chi connectivity index (χ4v) is 3.74. The molecule has 136 valence electrons. The van der Waals surface area contributed by atoms with Gasteiger partial charge in [-0.25, -0.2) is 4.68 Å². The molecule has 4 rings (SSSR count). The number of fused-ring (bicyclic) bond motifs is 1. The van der Waals surface area contributed by atoms with Crippen LogP contribution in [-0.2, 0) is 16.1 Å². The van der Waals surface area contributed by atoms with Gasteiger partial charge in [0.05, 0.1) is 11.9 Å². The molecule has 3 heterocycles. The van der Waals surface area contributed by atoms with Crippen molar-refractivity contribution >= 4 is 23.4 Å². The smallest absolute Gasteiger partial charge is 0.245 e. The molecule has 0 unspecified atom stereocenters. The van der Waals surface area contributed by atoms with E-state index in [1.54, 1.807) is 16.5 Å². The molecule has 0 aliphatic carbocycles. The van der Waals surface area contributed by atoms with Gasteiger partial charge < -0.3 is 10.2 Å². The molecule has 2 aromatic rings. The van der Waals surface area contributed by atoms with Crippen molar-refractivity contribution in [3.05, 3.63) is 47.2 Å². The second-order valence-corrected chi connectivity index (χ2v) is 7.22. The zero-order valence-electron chi connectivity index (χ0n) is 14.4. The van der Waals surface area contributed by atoms with E-state index < -0.39 is 12.1 Å². The second kappa shape index (κ2) is 6.74. The molecular weight excluding hydrogens is 354 g/mol. The third kappa shape index (κ3) is 3.20. The highest BCUT2D eigenvalue weighted by Gasteiger charge is 2.41. The van der Waals surface area contributed by atoms with Gasteiger partial charge in [-0.15, -0.1) is 0 Å². The number of carbonyl (C=O) groups is 2. The van der Waals surface area contributed by atoms with Crippen molar-refractivity contribution < 1.29 is 9.59 Å². The zero-order chi connectivity index (χ0) is 18.3. The van der Waals surface area contributed by atoms with Crippen LogP contribution in [0.3, 0.4) is 0 Å². The number of halogens is 1. The average molecular weight is 374 g/mol. The number of hydrogen-bond donors (Lipinski definition) is 1. The number of aromatic nitrogens is 2. The van der Waals surface area contributed by atoms with Crippen LogP contribution in [0.4, 0.5) is 0 Å². The third-order valence-corrected chi connectivity index (χ3v) is 5.13. The van der Waals surface area contributed by atoms with Crippen LogP contribution in [0, 0.1) is 0 Å². The van der Waals surface area contributed by atoms with Crippen LogP contribution < -0.4 is 5.32 Å². The maximum absolute atomic E-state index is 12.2. The van der Waals surface area contributed by atoms with Gasteiger partial charge in [0.2, 0.25) is 11.8 Å². The van der Waals surface area contributed by atoms with Gasteiger partial charge in [-0.05, 0) is 25.1 Å². The summed E-state index contributed by atoms with van der Waals surface area (Å²) in [6.45, 7) is 4.26. The largest absolute Gasteiger partial charge is 0.343 e. The molecular formula is C18H20ClN5O2. The van der Waals surface area contributed by atoms with E-state index >= 15 is 0 Å². The second-order valence-electron chi connectivity index (χ2n) is 6.79. The minimum atomic E-state index is -0.429. The number of hydrogen-bond acceptors (Lipinski definition) is 4. The van der Waals surface area contributed by atoms with Crippen molar-refractivity contribution in [3.63, 3.8) is 0 Å². The summed E-state index contributed by atoms with van der Waals surface area (Å²) < 4.78 is 1.79. The minimum absolute atomic E-state index is 0.00280. The van der Waals surface area contributed by atoms with Gasteiger partial charge in [0.1, 0.15) is 12.1 Å². The van der Waals surface area contributed by atoms with Gasteiger partial charge in [0.25, 0.3) is 0 Å². The Kier molecular flexibility index (Phi) is 4.42. The van der Waals surface area contributed by atoms with Crippen molar-refractivity contribution in [2.24, 2.45) is 0 Å². The van der Waals surface area contributed by atoms with E-state index in [1.165, 1.54) is 0 Å². The third-order valence-electron chi connectivity index (χ3n) is 4.89. The topological polar surface area (TPSA) is 70.5 Å². The van der Waals surface area contributed by atoms with Crippen LogP contribution in [0.25, 0.3) is 5.69 Å². The molecule has 0 bridgehead atoms. The quantitative estimate of drug-likeness (QED) is 0.873. The van der Waals surface area contributed by atoms with Crippen molar-refractivity contribution in [2.45, 2.75) is 25.6 Å². The highest BCUT2D eigenvalue weighted by Crippen LogP contribution is 2.19. The van der Waals surface area contributed by atoms with E-state index in [1.807, 2.05) is 36.7 Å². The minimum Gasteiger partial charge on any atom is -0.343 e. The Morgan fingerprint density at radius 2 is 2.15 bits per heavy atom. The van der Waals surface area contributed by atoms with Crippen molar-refractivity contribution in [1.82, 2.24) is 24.9 Å². The first kappa shape index (κ1) is 17.1. The summed E-state index contributed by atoms with van der Waals surface area (Å²) in [7, 11) is 0. The van der Waals surface area contributed by atoms with Gasteiger partial charge in [0, 0.05) is 43.0 Å². The van der Waals surface area contributed by atoms with Crippen LogP contribution in [0.5, 0.6) is 0 Å². The molecule has 2 aliphatic rings. The lowest BCUT2D eigenvalue weighted by molar-refractivity contribution is -0.152. The molecule has 0 saturated carbocycles. The fraction of sp³-hybridized carbons (Fsp3) is 0.389. The Morgan fingerprint density at radius 1 is 1.31 bits per heavy atom. The van der Waals surface area contributed by atoms with Crippen LogP contribution in [0.15, 0.2) is 36.7 Å². The number of piperazine rings is 2. The Bertz CT molecular complexity index is 852. The van der Waals surface area contributed by atoms with E-state index in [0.717, 1.165) is 17.8 Å². The summed E-state index contributed by atoms with van der Waals surface area (Å²) in [5.41, 5.74) is 1.95. The summed E-state index contributed by atoms with van der Waals surface area (Å²) in [4.78, 5) is 28.4. The molecule has 2 fully saturated rings. The van der Waals surface area contributed by atoms with Gasteiger partial charge >= 0.3 is 0 Å². The highest BCUT2D eigenvalue weighted by atomic mass is 35.5. The van der Waals surface area contributed by atoms with Gasteiger partial charge in [-0.2, -0.15) is 5.10 Å². The summed E-state index contributed by atoms with van der Waals surface area (Å²) in [5.74, 6) is -0.0700. The molecule has 1 aromatic carbocycles. The molecule has 2 atom stereocenters. The summed E-state index contributed by atoms with van der Waals surface area (Å²) in [5, 5.41) is 7.82. The number of amides is 2. The van der Waals surface area contributed by atoms with E-state index in [2.05, 4.69) is 15.3 Å². The van der Waals surface area contributed by atoms with E-state index in [4.69, 9.17) is 11.6 Å². The van der Waals surface area contributed by atoms with Crippen molar-refractivity contribution in [3.8, 4) is 5.69 Å². The average Bonchev–Trinajstić information content (AvgIpc) is 3.08. The standard InChI is InChI=1S/C18H20ClN5O2/c1-12-18(26)23-6-5-22(11-16(23)17(25)21-12)9-13-8-20-24(10-13)15-4-2-3-14(19)7-15/h2-4,7-8,10,12,16H,5-6,9,11H2,1H3,(H,21,25)/t12-,16-/m1/s1. The Hall–Kier alpha value is -2.38. The lowest BCUT2D eigenvalue weighted by Gasteiger charge is -2.44. The molecule has 7 nitrogen and oxygen atoms in total. The highest BCUT2D eigenvalue weighted by molar-refractivity contribution is 6.30. The lowest BCUT2D eigenvalue weighted by Crippen LogP contribution is -2.68. The van der Waals surface area contributed by atoms with Gasteiger partial charge in [0.15, 0.2) is 0 Å². The first-order valence-corrected chi connectivity index (χ1v) is 9.02. The molecule has 2 amide bonds. The van der Waals surface area contributed by atoms with Crippen LogP contribution in [-0.4, -0.2) is 63.1 Å². The Labute approximate surface area is 156 Å². The normalized spacial score (nSPS) is 23.7. The molecule has 0 spiro atoms. The van der Waals surface area contributed by atoms with E-state index in [9.17, 15) is 9.59 Å². The number of nitrogens with zero attached hydrogens (tertiary/aromatic N) is 4. The molecule has 8 heteroatoms. The summed E-state index contributed by atoms with van der Waals surface area (Å²) in [6, 6.07) is 6.68. The predicted octanol–water partition coefficient (Wildman–Crippen LogP) is 1.06. The lowest BCUT2D eigenvalue weighted by atomic mass is 10.0. The Balaban J connectivity index is 1.44. The van der Waals surface area contributed by atoms with Gasteiger partial charge in [-0.1, -0.05) is 17.7 Å². The Morgan fingerprint density at radius 3 is 2.96 bits per heavy atom. The zero-order valence-corrected chi connectivity index (χ0v) is 15.2. The maximum atomic E-state index is 12.2. The van der Waals surface area contributed by atoms with Crippen molar-refractivity contribution in [2.75, 3.05) is 19.6 Å². The summed E-state index contributed by atoms with van der Waals surface area (Å²) in [6.07, 6.45) is 3.79. The monoisotopic (exact) mass is 373 g/mol. The van der Waals surface area contributed by atoms with Crippen LogP contribution in [0.1, 0.15) is 12.5 Å². The van der Waals surface area contributed by atoms with Crippen LogP contribution in [0.2, 0.25) is 5.02 Å². The molecule has 1 N–H and O–H groups in total. The molecule has 26 heavy (non-hydrogen) atoms. The molecule has 2 saturated heterocycles. The first-order chi connectivity index (χ1) is 12.5. The summed E-state index contributed by atoms with van der Waals surface area (Å²) >= 11 is 6.04. The molecule has 0 radical (unpaired) electrons.